The first-order valence-electron chi connectivity index (χ1n) is 7.86. The summed E-state index contributed by atoms with van der Waals surface area (Å²) >= 11 is 0. The SMILES string of the molecule is O=C1CCC(C(=O)NCCCCc2c[nH]c3ccccc23)N1. The van der Waals surface area contributed by atoms with Gasteiger partial charge >= 0.3 is 0 Å². The molecule has 5 nitrogen and oxygen atoms in total. The molecule has 2 amide bonds. The highest BCUT2D eigenvalue weighted by atomic mass is 16.2. The number of unbranched alkanes of at least 4 members (excludes halogenated alkanes) is 1. The molecule has 1 unspecified atom stereocenters. The quantitative estimate of drug-likeness (QED) is 0.713. The number of hydrogen-bond donors (Lipinski definition) is 3. The number of carbonyl (C=O) groups is 2. The van der Waals surface area contributed by atoms with E-state index >= 15 is 0 Å². The molecule has 22 heavy (non-hydrogen) atoms. The maximum absolute atomic E-state index is 11.8. The first-order chi connectivity index (χ1) is 10.7. The van der Waals surface area contributed by atoms with Gasteiger partial charge in [0.1, 0.15) is 6.04 Å². The van der Waals surface area contributed by atoms with E-state index in [1.54, 1.807) is 0 Å². The molecule has 5 heteroatoms. The van der Waals surface area contributed by atoms with Crippen molar-refractivity contribution in [2.75, 3.05) is 6.54 Å². The number of rotatable bonds is 6. The van der Waals surface area contributed by atoms with Crippen molar-refractivity contribution in [2.24, 2.45) is 0 Å². The summed E-state index contributed by atoms with van der Waals surface area (Å²) in [6, 6.07) is 7.96. The number of nitrogens with one attached hydrogen (secondary N) is 3. The van der Waals surface area contributed by atoms with Gasteiger partial charge in [-0.3, -0.25) is 9.59 Å². The third kappa shape index (κ3) is 3.30. The van der Waals surface area contributed by atoms with Crippen molar-refractivity contribution in [1.82, 2.24) is 15.6 Å². The number of aromatic nitrogens is 1. The normalized spacial score (nSPS) is 17.6. The Hall–Kier alpha value is -2.30. The molecule has 1 aromatic carbocycles. The zero-order chi connectivity index (χ0) is 15.4. The monoisotopic (exact) mass is 299 g/mol. The van der Waals surface area contributed by atoms with E-state index in [9.17, 15) is 9.59 Å². The van der Waals surface area contributed by atoms with Gasteiger partial charge in [0, 0.05) is 30.1 Å². The number of aryl methyl sites for hydroxylation is 1. The van der Waals surface area contributed by atoms with Gasteiger partial charge < -0.3 is 15.6 Å². The van der Waals surface area contributed by atoms with Crippen LogP contribution in [0.4, 0.5) is 0 Å². The third-order valence-electron chi connectivity index (χ3n) is 4.16. The predicted octanol–water partition coefficient (Wildman–Crippen LogP) is 1.89. The molecule has 0 aliphatic carbocycles. The van der Waals surface area contributed by atoms with Crippen LogP contribution in [0, 0.1) is 0 Å². The second-order valence-electron chi connectivity index (χ2n) is 5.77. The van der Waals surface area contributed by atoms with E-state index in [0.29, 0.717) is 19.4 Å². The molecule has 1 saturated heterocycles. The smallest absolute Gasteiger partial charge is 0.242 e. The first kappa shape index (κ1) is 14.6. The van der Waals surface area contributed by atoms with Crippen LogP contribution < -0.4 is 10.6 Å². The summed E-state index contributed by atoms with van der Waals surface area (Å²) in [6.07, 6.45) is 6.10. The summed E-state index contributed by atoms with van der Waals surface area (Å²) in [5.74, 6) is -0.0857. The number of amides is 2. The lowest BCUT2D eigenvalue weighted by Crippen LogP contribution is -2.41. The highest BCUT2D eigenvalue weighted by Gasteiger charge is 2.26. The average Bonchev–Trinajstić information content (AvgIpc) is 3.13. The fourth-order valence-corrected chi connectivity index (χ4v) is 2.92. The summed E-state index contributed by atoms with van der Waals surface area (Å²) in [6.45, 7) is 0.660. The molecule has 0 saturated carbocycles. The van der Waals surface area contributed by atoms with Crippen molar-refractivity contribution in [3.8, 4) is 0 Å². The molecule has 1 fully saturated rings. The predicted molar refractivity (Wildman–Crippen MR) is 85.4 cm³/mol. The third-order valence-corrected chi connectivity index (χ3v) is 4.16. The van der Waals surface area contributed by atoms with Crippen LogP contribution in [0.2, 0.25) is 0 Å². The standard InChI is InChI=1S/C17H21N3O2/c21-16-9-8-15(20-16)17(22)18-10-4-3-5-12-11-19-14-7-2-1-6-13(12)14/h1-2,6-7,11,15,19H,3-5,8-10H2,(H,18,22)(H,20,21). The highest BCUT2D eigenvalue weighted by molar-refractivity contribution is 5.90. The topological polar surface area (TPSA) is 74.0 Å². The maximum Gasteiger partial charge on any atom is 0.242 e. The zero-order valence-corrected chi connectivity index (χ0v) is 12.5. The molecule has 0 bridgehead atoms. The van der Waals surface area contributed by atoms with Crippen LogP contribution in [-0.2, 0) is 16.0 Å². The summed E-state index contributed by atoms with van der Waals surface area (Å²) in [7, 11) is 0. The lowest BCUT2D eigenvalue weighted by Gasteiger charge is -2.10. The average molecular weight is 299 g/mol. The molecule has 1 aliphatic rings. The number of hydrogen-bond acceptors (Lipinski definition) is 2. The van der Waals surface area contributed by atoms with Gasteiger partial charge in [-0.25, -0.2) is 0 Å². The highest BCUT2D eigenvalue weighted by Crippen LogP contribution is 2.19. The Balaban J connectivity index is 1.39. The number of fused-ring (bicyclic) bond motifs is 1. The van der Waals surface area contributed by atoms with Crippen LogP contribution in [0.25, 0.3) is 10.9 Å². The molecule has 2 heterocycles. The number of aromatic amines is 1. The van der Waals surface area contributed by atoms with Crippen molar-refractivity contribution in [3.05, 3.63) is 36.0 Å². The van der Waals surface area contributed by atoms with E-state index in [-0.39, 0.29) is 17.9 Å². The van der Waals surface area contributed by atoms with Gasteiger partial charge in [-0.15, -0.1) is 0 Å². The Labute approximate surface area is 129 Å². The fraction of sp³-hybridized carbons (Fsp3) is 0.412. The van der Waals surface area contributed by atoms with E-state index in [1.807, 2.05) is 6.07 Å². The van der Waals surface area contributed by atoms with Crippen LogP contribution in [0.5, 0.6) is 0 Å². The van der Waals surface area contributed by atoms with E-state index in [1.165, 1.54) is 16.5 Å². The minimum atomic E-state index is -0.332. The lowest BCUT2D eigenvalue weighted by atomic mass is 10.1. The summed E-state index contributed by atoms with van der Waals surface area (Å²) < 4.78 is 0. The van der Waals surface area contributed by atoms with Gasteiger partial charge in [-0.1, -0.05) is 18.2 Å². The Bertz CT molecular complexity index is 677. The Morgan fingerprint density at radius 3 is 2.95 bits per heavy atom. The Morgan fingerprint density at radius 2 is 2.14 bits per heavy atom. The molecule has 0 spiro atoms. The van der Waals surface area contributed by atoms with Crippen molar-refractivity contribution in [3.63, 3.8) is 0 Å². The van der Waals surface area contributed by atoms with Gasteiger partial charge in [-0.2, -0.15) is 0 Å². The second-order valence-corrected chi connectivity index (χ2v) is 5.77. The first-order valence-corrected chi connectivity index (χ1v) is 7.86. The minimum Gasteiger partial charge on any atom is -0.361 e. The minimum absolute atomic E-state index is 0.0283. The van der Waals surface area contributed by atoms with Crippen LogP contribution in [0.1, 0.15) is 31.2 Å². The van der Waals surface area contributed by atoms with E-state index in [4.69, 9.17) is 0 Å². The molecule has 1 aromatic heterocycles. The van der Waals surface area contributed by atoms with Gasteiger partial charge in [0.15, 0.2) is 0 Å². The summed E-state index contributed by atoms with van der Waals surface area (Å²) in [4.78, 5) is 26.2. The number of para-hydroxylation sites is 1. The van der Waals surface area contributed by atoms with Gasteiger partial charge in [-0.05, 0) is 37.3 Å². The van der Waals surface area contributed by atoms with Gasteiger partial charge in [0.25, 0.3) is 0 Å². The van der Waals surface area contributed by atoms with Crippen LogP contribution in [-0.4, -0.2) is 29.4 Å². The second kappa shape index (κ2) is 6.64. The Kier molecular flexibility index (Phi) is 4.42. The molecule has 3 N–H and O–H groups in total. The van der Waals surface area contributed by atoms with Gasteiger partial charge in [0.2, 0.25) is 11.8 Å². The van der Waals surface area contributed by atoms with E-state index in [0.717, 1.165) is 19.3 Å². The molecule has 3 rings (SSSR count). The van der Waals surface area contributed by atoms with Crippen LogP contribution in [0.15, 0.2) is 30.5 Å². The van der Waals surface area contributed by atoms with Crippen LogP contribution in [0.3, 0.4) is 0 Å². The summed E-state index contributed by atoms with van der Waals surface area (Å²) in [5, 5.41) is 6.86. The molecular formula is C17H21N3O2. The lowest BCUT2D eigenvalue weighted by molar-refractivity contribution is -0.125. The Morgan fingerprint density at radius 1 is 1.27 bits per heavy atom. The van der Waals surface area contributed by atoms with E-state index < -0.39 is 0 Å². The fourth-order valence-electron chi connectivity index (χ4n) is 2.92. The van der Waals surface area contributed by atoms with Crippen molar-refractivity contribution < 1.29 is 9.59 Å². The number of H-pyrrole nitrogens is 1. The number of carbonyl (C=O) groups excluding carboxylic acids is 2. The van der Waals surface area contributed by atoms with Crippen LogP contribution >= 0.6 is 0 Å². The van der Waals surface area contributed by atoms with Crippen molar-refractivity contribution >= 4 is 22.7 Å². The number of benzene rings is 1. The maximum atomic E-state index is 11.8. The molecule has 1 aliphatic heterocycles. The molecule has 1 atom stereocenters. The molecule has 116 valence electrons. The van der Waals surface area contributed by atoms with Crippen molar-refractivity contribution in [1.29, 1.82) is 0 Å². The molecule has 2 aromatic rings. The zero-order valence-electron chi connectivity index (χ0n) is 12.5. The van der Waals surface area contributed by atoms with E-state index in [2.05, 4.69) is 40.0 Å². The molecular weight excluding hydrogens is 278 g/mol. The summed E-state index contributed by atoms with van der Waals surface area (Å²) in [5.41, 5.74) is 2.49. The van der Waals surface area contributed by atoms with Crippen molar-refractivity contribution in [2.45, 2.75) is 38.1 Å². The van der Waals surface area contributed by atoms with Gasteiger partial charge in [0.05, 0.1) is 0 Å². The molecule has 0 radical (unpaired) electrons. The largest absolute Gasteiger partial charge is 0.361 e.